The monoisotopic (exact) mass is 407 g/mol. The molecule has 0 radical (unpaired) electrons. The lowest BCUT2D eigenvalue weighted by molar-refractivity contribution is -0.139. The number of rotatable bonds is 4. The van der Waals surface area contributed by atoms with Gasteiger partial charge in [0.1, 0.15) is 11.8 Å². The number of fused-ring (bicyclic) bond motifs is 2. The number of benzene rings is 2. The maximum absolute atomic E-state index is 13.7. The first-order chi connectivity index (χ1) is 14.2. The topological polar surface area (TPSA) is 84.5 Å². The molecule has 1 saturated heterocycles. The highest BCUT2D eigenvalue weighted by atomic mass is 32.1. The number of ether oxygens (including phenoxy) is 2. The van der Waals surface area contributed by atoms with Crippen molar-refractivity contribution < 1.29 is 19.1 Å². The molecule has 4 aromatic rings. The van der Waals surface area contributed by atoms with E-state index in [1.807, 2.05) is 30.3 Å². The molecule has 1 fully saturated rings. The number of hydrogen-bond donors (Lipinski definition) is 1. The molecule has 0 aliphatic carbocycles. The molecular formula is C21H17N3O4S. The van der Waals surface area contributed by atoms with Crippen molar-refractivity contribution in [3.63, 3.8) is 0 Å². The molecule has 29 heavy (non-hydrogen) atoms. The van der Waals surface area contributed by atoms with Crippen LogP contribution >= 0.6 is 11.3 Å². The molecule has 0 unspecified atom stereocenters. The molecule has 2 aromatic heterocycles. The lowest BCUT2D eigenvalue weighted by atomic mass is 10.1. The van der Waals surface area contributed by atoms with E-state index in [0.29, 0.717) is 29.3 Å². The number of aromatic nitrogens is 2. The lowest BCUT2D eigenvalue weighted by Crippen LogP contribution is -2.43. The third-order valence-corrected chi connectivity index (χ3v) is 6.19. The van der Waals surface area contributed by atoms with E-state index in [1.54, 1.807) is 23.2 Å². The fourth-order valence-corrected chi connectivity index (χ4v) is 4.75. The highest BCUT2D eigenvalue weighted by Crippen LogP contribution is 2.37. The summed E-state index contributed by atoms with van der Waals surface area (Å²) in [6.07, 6.45) is 2.11. The maximum atomic E-state index is 13.7. The summed E-state index contributed by atoms with van der Waals surface area (Å²) < 4.78 is 11.7. The number of hydrogen-bond acceptors (Lipinski definition) is 6. The van der Waals surface area contributed by atoms with Crippen LogP contribution in [0, 0.1) is 0 Å². The molecule has 1 aliphatic heterocycles. The number of anilines is 1. The van der Waals surface area contributed by atoms with Gasteiger partial charge in [-0.15, -0.1) is 11.3 Å². The van der Waals surface area contributed by atoms with Crippen LogP contribution in [0.15, 0.2) is 48.7 Å². The molecule has 5 rings (SSSR count). The molecule has 0 saturated carbocycles. The Kier molecular flexibility index (Phi) is 4.21. The van der Waals surface area contributed by atoms with Gasteiger partial charge in [0, 0.05) is 22.6 Å². The zero-order chi connectivity index (χ0) is 20.0. The zero-order valence-corrected chi connectivity index (χ0v) is 16.4. The van der Waals surface area contributed by atoms with Crippen molar-refractivity contribution in [1.29, 1.82) is 0 Å². The van der Waals surface area contributed by atoms with Gasteiger partial charge in [-0.25, -0.2) is 4.79 Å². The first-order valence-corrected chi connectivity index (χ1v) is 9.97. The Morgan fingerprint density at radius 3 is 2.90 bits per heavy atom. The van der Waals surface area contributed by atoms with Crippen molar-refractivity contribution in [3.8, 4) is 5.75 Å². The predicted molar refractivity (Wildman–Crippen MR) is 111 cm³/mol. The fraction of sp³-hybridized carbons (Fsp3) is 0.190. The van der Waals surface area contributed by atoms with Crippen molar-refractivity contribution in [2.75, 3.05) is 18.6 Å². The van der Waals surface area contributed by atoms with Gasteiger partial charge in [0.05, 0.1) is 36.0 Å². The van der Waals surface area contributed by atoms with Gasteiger partial charge in [0.15, 0.2) is 0 Å². The summed E-state index contributed by atoms with van der Waals surface area (Å²) >= 11 is 1.47. The van der Waals surface area contributed by atoms with Crippen LogP contribution in [0.4, 0.5) is 5.00 Å². The Morgan fingerprint density at radius 1 is 1.28 bits per heavy atom. The third-order valence-electron chi connectivity index (χ3n) is 5.08. The van der Waals surface area contributed by atoms with Crippen molar-refractivity contribution in [1.82, 2.24) is 10.2 Å². The predicted octanol–water partition coefficient (Wildman–Crippen LogP) is 3.75. The van der Waals surface area contributed by atoms with E-state index in [9.17, 15) is 9.59 Å². The van der Waals surface area contributed by atoms with Crippen LogP contribution in [0.1, 0.15) is 16.8 Å². The minimum Gasteiger partial charge on any atom is -0.496 e. The van der Waals surface area contributed by atoms with Crippen LogP contribution in [0.25, 0.3) is 21.0 Å². The van der Waals surface area contributed by atoms with Crippen LogP contribution < -0.4 is 9.64 Å². The minimum absolute atomic E-state index is 0.302. The molecule has 7 nitrogen and oxygen atoms in total. The summed E-state index contributed by atoms with van der Waals surface area (Å²) in [7, 11) is 1.52. The zero-order valence-electron chi connectivity index (χ0n) is 15.5. The van der Waals surface area contributed by atoms with Gasteiger partial charge in [-0.2, -0.15) is 5.10 Å². The largest absolute Gasteiger partial charge is 0.496 e. The fourth-order valence-electron chi connectivity index (χ4n) is 3.64. The van der Waals surface area contributed by atoms with Gasteiger partial charge in [-0.05, 0) is 23.6 Å². The van der Waals surface area contributed by atoms with Crippen molar-refractivity contribution in [3.05, 3.63) is 54.2 Å². The number of thiophene rings is 1. The van der Waals surface area contributed by atoms with Gasteiger partial charge in [0.2, 0.25) is 0 Å². The second kappa shape index (κ2) is 6.89. The summed E-state index contributed by atoms with van der Waals surface area (Å²) in [6.45, 7) is 0.302. The van der Waals surface area contributed by atoms with E-state index in [0.717, 1.165) is 21.0 Å². The summed E-state index contributed by atoms with van der Waals surface area (Å²) in [6, 6.07) is 12.6. The van der Waals surface area contributed by atoms with Crippen molar-refractivity contribution >= 4 is 49.2 Å². The van der Waals surface area contributed by atoms with E-state index in [2.05, 4.69) is 10.2 Å². The van der Waals surface area contributed by atoms with Gasteiger partial charge in [-0.1, -0.05) is 18.2 Å². The standard InChI is InChI=1S/C21H17N3O4S/c1-27-17-10-15-13(11-22-23-15)8-14(17)20(25)24(16-6-7-28-21(16)26)19-9-12-4-2-3-5-18(12)29-19/h2-5,8-11,16H,6-7H2,1H3,(H,22,23)/t16-/m1/s1. The number of cyclic esters (lactones) is 1. The number of carbonyl (C=O) groups is 2. The average Bonchev–Trinajstić information content (AvgIpc) is 3.46. The Balaban J connectivity index is 1.66. The first kappa shape index (κ1) is 17.7. The van der Waals surface area contributed by atoms with Crippen molar-refractivity contribution in [2.45, 2.75) is 12.5 Å². The lowest BCUT2D eigenvalue weighted by Gasteiger charge is -2.25. The molecule has 146 valence electrons. The summed E-state index contributed by atoms with van der Waals surface area (Å²) in [5, 5.41) is 9.41. The molecule has 1 atom stereocenters. The number of carbonyl (C=O) groups excluding carboxylic acids is 2. The molecule has 1 amide bonds. The van der Waals surface area contributed by atoms with Gasteiger partial charge >= 0.3 is 5.97 Å². The number of methoxy groups -OCH3 is 1. The highest BCUT2D eigenvalue weighted by Gasteiger charge is 2.38. The Morgan fingerprint density at radius 2 is 2.14 bits per heavy atom. The van der Waals surface area contributed by atoms with Crippen LogP contribution in [0.2, 0.25) is 0 Å². The van der Waals surface area contributed by atoms with Gasteiger partial charge in [0.25, 0.3) is 5.91 Å². The normalized spacial score (nSPS) is 16.3. The Labute approximate surface area is 169 Å². The molecule has 8 heteroatoms. The SMILES string of the molecule is COc1cc2[nH]ncc2cc1C(=O)N(c1cc2ccccc2s1)[C@@H]1CCOC1=O. The molecule has 2 aromatic carbocycles. The highest BCUT2D eigenvalue weighted by molar-refractivity contribution is 7.23. The molecule has 1 aliphatic rings. The quantitative estimate of drug-likeness (QED) is 0.521. The number of nitrogens with zero attached hydrogens (tertiary/aromatic N) is 2. The third kappa shape index (κ3) is 2.92. The molecule has 1 N–H and O–H groups in total. The van der Waals surface area contributed by atoms with Gasteiger partial charge < -0.3 is 9.47 Å². The maximum Gasteiger partial charge on any atom is 0.329 e. The summed E-state index contributed by atoms with van der Waals surface area (Å²) in [4.78, 5) is 27.7. The molecule has 0 bridgehead atoms. The minimum atomic E-state index is -0.666. The number of H-pyrrole nitrogens is 1. The van der Waals surface area contributed by atoms with E-state index in [4.69, 9.17) is 9.47 Å². The second-order valence-corrected chi connectivity index (χ2v) is 7.84. The van der Waals surface area contributed by atoms with Gasteiger partial charge in [-0.3, -0.25) is 14.8 Å². The number of amides is 1. The Hall–Kier alpha value is -3.39. The average molecular weight is 407 g/mol. The second-order valence-electron chi connectivity index (χ2n) is 6.78. The van der Waals surface area contributed by atoms with E-state index < -0.39 is 6.04 Å². The van der Waals surface area contributed by atoms with E-state index in [-0.39, 0.29) is 11.9 Å². The number of esters is 1. The smallest absolute Gasteiger partial charge is 0.329 e. The first-order valence-electron chi connectivity index (χ1n) is 9.15. The van der Waals surface area contributed by atoms with E-state index in [1.165, 1.54) is 18.4 Å². The Bertz CT molecular complexity index is 1210. The van der Waals surface area contributed by atoms with Crippen molar-refractivity contribution in [2.24, 2.45) is 0 Å². The number of aromatic amines is 1. The molecular weight excluding hydrogens is 390 g/mol. The summed E-state index contributed by atoms with van der Waals surface area (Å²) in [5.41, 5.74) is 1.14. The van der Waals surface area contributed by atoms with E-state index >= 15 is 0 Å². The summed E-state index contributed by atoms with van der Waals surface area (Å²) in [5.74, 6) is -0.274. The number of nitrogens with one attached hydrogen (secondary N) is 1. The molecule has 0 spiro atoms. The van der Waals surface area contributed by atoms with Crippen LogP contribution in [-0.4, -0.2) is 41.8 Å². The van der Waals surface area contributed by atoms with Crippen LogP contribution in [-0.2, 0) is 9.53 Å². The van der Waals surface area contributed by atoms with Crippen LogP contribution in [0.3, 0.4) is 0 Å². The van der Waals surface area contributed by atoms with Crippen LogP contribution in [0.5, 0.6) is 5.75 Å². The molecule has 3 heterocycles.